The Hall–Kier alpha value is -1.55. The monoisotopic (exact) mass is 276 g/mol. The van der Waals surface area contributed by atoms with Gasteiger partial charge in [0.05, 0.1) is 0 Å². The number of amides is 1. The number of rotatable bonds is 2. The third-order valence-electron chi connectivity index (χ3n) is 3.32. The standard InChI is InChI=1S/C16H24N2O2/c1-16(2,3)20-14-7-5-13(6-8-14)15(19)18-11-9-17(4)10-12-18/h5-8H,9-12H2,1-4H3. The number of piperazine rings is 1. The van der Waals surface area contributed by atoms with Gasteiger partial charge in [0.15, 0.2) is 0 Å². The second kappa shape index (κ2) is 5.83. The molecule has 1 aromatic carbocycles. The van der Waals surface area contributed by atoms with E-state index in [4.69, 9.17) is 4.74 Å². The van der Waals surface area contributed by atoms with Crippen LogP contribution in [-0.2, 0) is 0 Å². The molecule has 0 radical (unpaired) electrons. The average molecular weight is 276 g/mol. The Morgan fingerprint density at radius 3 is 2.10 bits per heavy atom. The number of hydrogen-bond donors (Lipinski definition) is 0. The molecule has 2 rings (SSSR count). The van der Waals surface area contributed by atoms with Gasteiger partial charge < -0.3 is 14.5 Å². The molecule has 1 fully saturated rings. The van der Waals surface area contributed by atoms with E-state index in [1.54, 1.807) is 0 Å². The smallest absolute Gasteiger partial charge is 0.253 e. The van der Waals surface area contributed by atoms with E-state index in [9.17, 15) is 4.79 Å². The molecule has 0 bridgehead atoms. The van der Waals surface area contributed by atoms with Gasteiger partial charge in [0.1, 0.15) is 11.4 Å². The van der Waals surface area contributed by atoms with Gasteiger partial charge in [-0.3, -0.25) is 4.79 Å². The maximum atomic E-state index is 12.4. The quantitative estimate of drug-likeness (QED) is 0.830. The minimum atomic E-state index is -0.219. The zero-order valence-corrected chi connectivity index (χ0v) is 12.8. The maximum absolute atomic E-state index is 12.4. The molecule has 0 saturated carbocycles. The Morgan fingerprint density at radius 1 is 1.05 bits per heavy atom. The molecule has 0 atom stereocenters. The fraction of sp³-hybridized carbons (Fsp3) is 0.562. The number of benzene rings is 1. The first kappa shape index (κ1) is 14.9. The van der Waals surface area contributed by atoms with Crippen LogP contribution in [0.25, 0.3) is 0 Å². The van der Waals surface area contributed by atoms with Crippen LogP contribution in [0.4, 0.5) is 0 Å². The Bertz CT molecular complexity index is 454. The van der Waals surface area contributed by atoms with Gasteiger partial charge in [0.25, 0.3) is 5.91 Å². The average Bonchev–Trinajstić information content (AvgIpc) is 2.38. The summed E-state index contributed by atoms with van der Waals surface area (Å²) in [6.45, 7) is 9.52. The van der Waals surface area contributed by atoms with Crippen molar-refractivity contribution in [3.8, 4) is 5.75 Å². The number of nitrogens with zero attached hydrogens (tertiary/aromatic N) is 2. The first-order valence-corrected chi connectivity index (χ1v) is 7.12. The molecule has 0 spiro atoms. The molecule has 0 unspecified atom stereocenters. The molecule has 1 aliphatic rings. The van der Waals surface area contributed by atoms with Gasteiger partial charge in [-0.1, -0.05) is 0 Å². The van der Waals surface area contributed by atoms with E-state index in [0.717, 1.165) is 37.5 Å². The Labute approximate surface area is 121 Å². The molecule has 20 heavy (non-hydrogen) atoms. The van der Waals surface area contributed by atoms with Crippen LogP contribution in [0.3, 0.4) is 0 Å². The SMILES string of the molecule is CN1CCN(C(=O)c2ccc(OC(C)(C)C)cc2)CC1. The predicted octanol–water partition coefficient (Wildman–Crippen LogP) is 2.25. The minimum absolute atomic E-state index is 0.111. The lowest BCUT2D eigenvalue weighted by Crippen LogP contribution is -2.47. The summed E-state index contributed by atoms with van der Waals surface area (Å²) in [6.07, 6.45) is 0. The summed E-state index contributed by atoms with van der Waals surface area (Å²) in [5.41, 5.74) is 0.513. The molecule has 0 aromatic heterocycles. The van der Waals surface area contributed by atoms with E-state index >= 15 is 0 Å². The van der Waals surface area contributed by atoms with E-state index in [0.29, 0.717) is 0 Å². The van der Waals surface area contributed by atoms with E-state index in [-0.39, 0.29) is 11.5 Å². The van der Waals surface area contributed by atoms with Gasteiger partial charge in [-0.25, -0.2) is 0 Å². The van der Waals surface area contributed by atoms with Crippen molar-refractivity contribution in [2.45, 2.75) is 26.4 Å². The molecule has 1 amide bonds. The second-order valence-corrected chi connectivity index (χ2v) is 6.33. The topological polar surface area (TPSA) is 32.8 Å². The second-order valence-electron chi connectivity index (χ2n) is 6.33. The summed E-state index contributed by atoms with van der Waals surface area (Å²) in [4.78, 5) is 16.5. The third kappa shape index (κ3) is 3.97. The van der Waals surface area contributed by atoms with Crippen molar-refractivity contribution in [3.63, 3.8) is 0 Å². The van der Waals surface area contributed by atoms with Crippen LogP contribution in [0.1, 0.15) is 31.1 Å². The number of carbonyl (C=O) groups excluding carboxylic acids is 1. The first-order valence-electron chi connectivity index (χ1n) is 7.12. The molecule has 0 N–H and O–H groups in total. The lowest BCUT2D eigenvalue weighted by Gasteiger charge is -2.32. The van der Waals surface area contributed by atoms with Crippen molar-refractivity contribution in [3.05, 3.63) is 29.8 Å². The molecule has 110 valence electrons. The highest BCUT2D eigenvalue weighted by Crippen LogP contribution is 2.19. The lowest BCUT2D eigenvalue weighted by molar-refractivity contribution is 0.0664. The van der Waals surface area contributed by atoms with Crippen LogP contribution in [0, 0.1) is 0 Å². The molecule has 1 saturated heterocycles. The summed E-state index contributed by atoms with van der Waals surface area (Å²) in [6, 6.07) is 7.44. The highest BCUT2D eigenvalue weighted by Gasteiger charge is 2.20. The minimum Gasteiger partial charge on any atom is -0.488 e. The zero-order valence-electron chi connectivity index (χ0n) is 12.8. The van der Waals surface area contributed by atoms with Crippen molar-refractivity contribution in [1.29, 1.82) is 0 Å². The fourth-order valence-corrected chi connectivity index (χ4v) is 2.21. The van der Waals surface area contributed by atoms with Crippen LogP contribution in [0.2, 0.25) is 0 Å². The van der Waals surface area contributed by atoms with Gasteiger partial charge >= 0.3 is 0 Å². The van der Waals surface area contributed by atoms with Crippen LogP contribution in [0.5, 0.6) is 5.75 Å². The largest absolute Gasteiger partial charge is 0.488 e. The number of likely N-dealkylation sites (N-methyl/N-ethyl adjacent to an activating group) is 1. The molecule has 1 heterocycles. The van der Waals surface area contributed by atoms with Crippen LogP contribution in [0.15, 0.2) is 24.3 Å². The molecule has 1 aliphatic heterocycles. The normalized spacial score (nSPS) is 17.1. The van der Waals surface area contributed by atoms with Crippen LogP contribution in [-0.4, -0.2) is 54.5 Å². The molecule has 4 nitrogen and oxygen atoms in total. The third-order valence-corrected chi connectivity index (χ3v) is 3.32. The van der Waals surface area contributed by atoms with Gasteiger partial charge in [-0.05, 0) is 52.1 Å². The number of carbonyl (C=O) groups is 1. The van der Waals surface area contributed by atoms with Gasteiger partial charge in [0.2, 0.25) is 0 Å². The Morgan fingerprint density at radius 2 is 1.60 bits per heavy atom. The lowest BCUT2D eigenvalue weighted by atomic mass is 10.1. The van der Waals surface area contributed by atoms with Gasteiger partial charge in [-0.2, -0.15) is 0 Å². The van der Waals surface area contributed by atoms with Crippen molar-refractivity contribution in [2.75, 3.05) is 33.2 Å². The van der Waals surface area contributed by atoms with Gasteiger partial charge in [-0.15, -0.1) is 0 Å². The van der Waals surface area contributed by atoms with Crippen molar-refractivity contribution < 1.29 is 9.53 Å². The number of hydrogen-bond acceptors (Lipinski definition) is 3. The molecule has 4 heteroatoms. The number of ether oxygens (including phenoxy) is 1. The highest BCUT2D eigenvalue weighted by atomic mass is 16.5. The summed E-state index contributed by atoms with van der Waals surface area (Å²) < 4.78 is 5.76. The van der Waals surface area contributed by atoms with Gasteiger partial charge in [0, 0.05) is 31.7 Å². The molecule has 1 aromatic rings. The predicted molar refractivity (Wildman–Crippen MR) is 80.2 cm³/mol. The summed E-state index contributed by atoms with van der Waals surface area (Å²) in [5.74, 6) is 0.910. The zero-order chi connectivity index (χ0) is 14.8. The van der Waals surface area contributed by atoms with Crippen molar-refractivity contribution in [2.24, 2.45) is 0 Å². The fourth-order valence-electron chi connectivity index (χ4n) is 2.21. The van der Waals surface area contributed by atoms with E-state index < -0.39 is 0 Å². The van der Waals surface area contributed by atoms with Crippen molar-refractivity contribution >= 4 is 5.91 Å². The molecular weight excluding hydrogens is 252 g/mol. The summed E-state index contributed by atoms with van der Waals surface area (Å²) >= 11 is 0. The van der Waals surface area contributed by atoms with Crippen LogP contribution >= 0.6 is 0 Å². The van der Waals surface area contributed by atoms with Crippen LogP contribution < -0.4 is 4.74 Å². The molecule has 0 aliphatic carbocycles. The Balaban J connectivity index is 2.00. The maximum Gasteiger partial charge on any atom is 0.253 e. The first-order chi connectivity index (χ1) is 9.35. The molecular formula is C16H24N2O2. The van der Waals surface area contributed by atoms with Crippen molar-refractivity contribution in [1.82, 2.24) is 9.80 Å². The van der Waals surface area contributed by atoms with E-state index in [1.807, 2.05) is 49.9 Å². The summed E-state index contributed by atoms with van der Waals surface area (Å²) in [7, 11) is 2.08. The summed E-state index contributed by atoms with van der Waals surface area (Å²) in [5, 5.41) is 0. The Kier molecular flexibility index (Phi) is 4.33. The highest BCUT2D eigenvalue weighted by molar-refractivity contribution is 5.94. The van der Waals surface area contributed by atoms with E-state index in [2.05, 4.69) is 11.9 Å². The van der Waals surface area contributed by atoms with E-state index in [1.165, 1.54) is 0 Å².